The van der Waals surface area contributed by atoms with Crippen molar-refractivity contribution in [2.75, 3.05) is 0 Å². The molecule has 1 aliphatic rings. The van der Waals surface area contributed by atoms with Crippen molar-refractivity contribution in [2.24, 2.45) is 0 Å². The normalized spacial score (nSPS) is 17.7. The van der Waals surface area contributed by atoms with Crippen LogP contribution in [0.1, 0.15) is 29.2 Å². The fraction of sp³-hybridized carbons (Fsp3) is 0.160. The van der Waals surface area contributed by atoms with Gasteiger partial charge in [-0.05, 0) is 60.0 Å². The minimum absolute atomic E-state index is 0.108. The zero-order valence-electron chi connectivity index (χ0n) is 17.3. The first-order valence-corrected chi connectivity index (χ1v) is 10.00. The molecule has 0 spiro atoms. The molecule has 0 aromatic heterocycles. The van der Waals surface area contributed by atoms with Crippen LogP contribution in [0, 0.1) is 17.1 Å². The molecule has 1 atom stereocenters. The number of hydrogen-bond acceptors (Lipinski definition) is 4. The minimum atomic E-state index is -1.23. The molecule has 7 heteroatoms. The van der Waals surface area contributed by atoms with Crippen LogP contribution in [-0.2, 0) is 23.5 Å². The molecule has 0 radical (unpaired) electrons. The van der Waals surface area contributed by atoms with Gasteiger partial charge < -0.3 is 10.1 Å². The Morgan fingerprint density at radius 3 is 2.41 bits per heavy atom. The van der Waals surface area contributed by atoms with E-state index in [9.17, 15) is 14.0 Å². The summed E-state index contributed by atoms with van der Waals surface area (Å²) in [7, 11) is 0. The van der Waals surface area contributed by atoms with Gasteiger partial charge in [0.15, 0.2) is 0 Å². The predicted molar refractivity (Wildman–Crippen MR) is 115 cm³/mol. The molecule has 6 nitrogen and oxygen atoms in total. The van der Waals surface area contributed by atoms with Crippen molar-refractivity contribution in [2.45, 2.75) is 25.6 Å². The molecule has 0 bridgehead atoms. The molecule has 1 fully saturated rings. The first-order valence-electron chi connectivity index (χ1n) is 10.00. The van der Waals surface area contributed by atoms with Gasteiger partial charge in [-0.2, -0.15) is 5.26 Å². The van der Waals surface area contributed by atoms with Crippen LogP contribution in [0.25, 0.3) is 0 Å². The highest BCUT2D eigenvalue weighted by molar-refractivity contribution is 6.07. The monoisotopic (exact) mass is 429 g/mol. The van der Waals surface area contributed by atoms with E-state index in [0.29, 0.717) is 23.5 Å². The van der Waals surface area contributed by atoms with E-state index in [2.05, 4.69) is 5.32 Å². The van der Waals surface area contributed by atoms with Crippen molar-refractivity contribution in [3.63, 3.8) is 0 Å². The van der Waals surface area contributed by atoms with Crippen molar-refractivity contribution in [1.82, 2.24) is 10.2 Å². The number of rotatable bonds is 6. The molecule has 1 aliphatic heterocycles. The maximum absolute atomic E-state index is 13.1. The number of carbonyl (C=O) groups is 2. The number of ether oxygens (including phenoxy) is 1. The van der Waals surface area contributed by atoms with Crippen LogP contribution in [0.4, 0.5) is 9.18 Å². The molecule has 1 heterocycles. The van der Waals surface area contributed by atoms with Crippen LogP contribution >= 0.6 is 0 Å². The van der Waals surface area contributed by atoms with Crippen LogP contribution in [0.2, 0.25) is 0 Å². The lowest BCUT2D eigenvalue weighted by Gasteiger charge is -2.22. The summed E-state index contributed by atoms with van der Waals surface area (Å²) in [6.45, 7) is 2.04. The molecule has 1 N–H and O–H groups in total. The van der Waals surface area contributed by atoms with Gasteiger partial charge in [0, 0.05) is 0 Å². The van der Waals surface area contributed by atoms with Gasteiger partial charge in [0.1, 0.15) is 23.7 Å². The Labute approximate surface area is 184 Å². The van der Waals surface area contributed by atoms with Crippen molar-refractivity contribution in [3.05, 3.63) is 101 Å². The molecule has 0 saturated carbocycles. The second kappa shape index (κ2) is 8.52. The second-order valence-electron chi connectivity index (χ2n) is 7.70. The number of carbonyl (C=O) groups excluding carboxylic acids is 2. The Balaban J connectivity index is 1.43. The quantitative estimate of drug-likeness (QED) is 0.594. The van der Waals surface area contributed by atoms with Gasteiger partial charge in [-0.15, -0.1) is 0 Å². The van der Waals surface area contributed by atoms with Crippen LogP contribution in [0.5, 0.6) is 5.75 Å². The van der Waals surface area contributed by atoms with E-state index in [4.69, 9.17) is 10.00 Å². The maximum Gasteiger partial charge on any atom is 0.325 e. The van der Waals surface area contributed by atoms with Gasteiger partial charge in [-0.25, -0.2) is 9.18 Å². The largest absolute Gasteiger partial charge is 0.489 e. The van der Waals surface area contributed by atoms with Gasteiger partial charge in [-0.1, -0.05) is 36.4 Å². The molecule has 3 aromatic rings. The van der Waals surface area contributed by atoms with E-state index in [0.717, 1.165) is 16.0 Å². The molecular formula is C25H20FN3O3. The summed E-state index contributed by atoms with van der Waals surface area (Å²) in [5, 5.41) is 11.9. The summed E-state index contributed by atoms with van der Waals surface area (Å²) in [6.07, 6.45) is 0. The van der Waals surface area contributed by atoms with Gasteiger partial charge in [0.2, 0.25) is 0 Å². The summed E-state index contributed by atoms with van der Waals surface area (Å²) in [5.41, 5.74) is 1.34. The van der Waals surface area contributed by atoms with Crippen molar-refractivity contribution in [1.29, 1.82) is 5.26 Å². The van der Waals surface area contributed by atoms with E-state index in [1.165, 1.54) is 12.1 Å². The highest BCUT2D eigenvalue weighted by Crippen LogP contribution is 2.30. The number of imide groups is 1. The lowest BCUT2D eigenvalue weighted by molar-refractivity contribution is -0.131. The first-order chi connectivity index (χ1) is 15.4. The molecule has 4 rings (SSSR count). The first kappa shape index (κ1) is 21.1. The standard InChI is InChI=1S/C25H20FN3O3/c1-25(20-4-2-3-19(13-20)14-27)23(30)29(24(31)28-25)15-17-7-11-22(12-8-17)32-16-18-5-9-21(26)10-6-18/h2-13H,15-16H2,1H3,(H,28,31). The molecular weight excluding hydrogens is 409 g/mol. The SMILES string of the molecule is CC1(c2cccc(C#N)c2)NC(=O)N(Cc2ccc(OCc3ccc(F)cc3)cc2)C1=O. The molecule has 3 amide bonds. The summed E-state index contributed by atoms with van der Waals surface area (Å²) in [5.74, 6) is -0.0601. The highest BCUT2D eigenvalue weighted by atomic mass is 19.1. The number of benzene rings is 3. The summed E-state index contributed by atoms with van der Waals surface area (Å²) in [6, 6.07) is 21.4. The van der Waals surface area contributed by atoms with E-state index in [-0.39, 0.29) is 18.3 Å². The fourth-order valence-electron chi connectivity index (χ4n) is 3.56. The number of nitriles is 1. The van der Waals surface area contributed by atoms with Crippen molar-refractivity contribution < 1.29 is 18.7 Å². The average Bonchev–Trinajstić information content (AvgIpc) is 3.03. The number of amides is 3. The Hall–Kier alpha value is -4.18. The van der Waals surface area contributed by atoms with E-state index < -0.39 is 11.6 Å². The Bertz CT molecular complexity index is 1200. The van der Waals surface area contributed by atoms with E-state index >= 15 is 0 Å². The molecule has 1 unspecified atom stereocenters. The van der Waals surface area contributed by atoms with Gasteiger partial charge in [-0.3, -0.25) is 9.69 Å². The number of nitrogens with one attached hydrogen (secondary N) is 1. The van der Waals surface area contributed by atoms with Crippen LogP contribution < -0.4 is 10.1 Å². The highest BCUT2D eigenvalue weighted by Gasteiger charge is 2.48. The van der Waals surface area contributed by atoms with E-state index in [1.807, 2.05) is 6.07 Å². The zero-order chi connectivity index (χ0) is 22.7. The third-order valence-corrected chi connectivity index (χ3v) is 5.43. The molecule has 160 valence electrons. The number of hydrogen-bond donors (Lipinski definition) is 1. The molecule has 0 aliphatic carbocycles. The molecule has 1 saturated heterocycles. The third-order valence-electron chi connectivity index (χ3n) is 5.43. The predicted octanol–water partition coefficient (Wildman–Crippen LogP) is 4.24. The summed E-state index contributed by atoms with van der Waals surface area (Å²) in [4.78, 5) is 26.8. The topological polar surface area (TPSA) is 82.4 Å². The molecule has 3 aromatic carbocycles. The lowest BCUT2D eigenvalue weighted by atomic mass is 9.91. The summed E-state index contributed by atoms with van der Waals surface area (Å²) >= 11 is 0. The van der Waals surface area contributed by atoms with Crippen LogP contribution in [0.3, 0.4) is 0 Å². The minimum Gasteiger partial charge on any atom is -0.489 e. The Morgan fingerprint density at radius 2 is 1.72 bits per heavy atom. The Morgan fingerprint density at radius 1 is 1.03 bits per heavy atom. The van der Waals surface area contributed by atoms with Crippen molar-refractivity contribution >= 4 is 11.9 Å². The van der Waals surface area contributed by atoms with Crippen LogP contribution in [-0.4, -0.2) is 16.8 Å². The maximum atomic E-state index is 13.1. The van der Waals surface area contributed by atoms with Gasteiger partial charge in [0.05, 0.1) is 18.2 Å². The second-order valence-corrected chi connectivity index (χ2v) is 7.70. The van der Waals surface area contributed by atoms with Gasteiger partial charge >= 0.3 is 6.03 Å². The van der Waals surface area contributed by atoms with Crippen LogP contribution in [0.15, 0.2) is 72.8 Å². The lowest BCUT2D eigenvalue weighted by Crippen LogP contribution is -2.40. The Kier molecular flexibility index (Phi) is 5.61. The smallest absolute Gasteiger partial charge is 0.325 e. The number of halogens is 1. The van der Waals surface area contributed by atoms with Gasteiger partial charge in [0.25, 0.3) is 5.91 Å². The third kappa shape index (κ3) is 4.16. The number of urea groups is 1. The van der Waals surface area contributed by atoms with E-state index in [1.54, 1.807) is 67.6 Å². The average molecular weight is 429 g/mol. The summed E-state index contributed by atoms with van der Waals surface area (Å²) < 4.78 is 18.7. The zero-order valence-corrected chi connectivity index (χ0v) is 17.3. The van der Waals surface area contributed by atoms with Crippen molar-refractivity contribution in [3.8, 4) is 11.8 Å². The fourth-order valence-corrected chi connectivity index (χ4v) is 3.56. The molecule has 32 heavy (non-hydrogen) atoms. The number of nitrogens with zero attached hydrogens (tertiary/aromatic N) is 2.